The van der Waals surface area contributed by atoms with Crippen LogP contribution in [0.2, 0.25) is 0 Å². The Morgan fingerprint density at radius 3 is 2.62 bits per heavy atom. The van der Waals surface area contributed by atoms with Crippen LogP contribution in [0.1, 0.15) is 39.2 Å². The molecule has 2 unspecified atom stereocenters. The number of benzene rings is 1. The average molecular weight is 331 g/mol. The van der Waals surface area contributed by atoms with Crippen LogP contribution in [0.25, 0.3) is 0 Å². The van der Waals surface area contributed by atoms with Gasteiger partial charge < -0.3 is 16.0 Å². The fourth-order valence-corrected chi connectivity index (χ4v) is 3.39. The molecule has 2 amide bonds. The molecular formula is C19H29N3O2. The number of amides is 2. The van der Waals surface area contributed by atoms with Crippen LogP contribution in [-0.2, 0) is 16.1 Å². The van der Waals surface area contributed by atoms with Crippen molar-refractivity contribution in [2.24, 2.45) is 17.6 Å². The van der Waals surface area contributed by atoms with Crippen molar-refractivity contribution in [1.82, 2.24) is 10.2 Å². The predicted molar refractivity (Wildman–Crippen MR) is 95.0 cm³/mol. The first kappa shape index (κ1) is 18.5. The molecule has 24 heavy (non-hydrogen) atoms. The topological polar surface area (TPSA) is 75.4 Å². The van der Waals surface area contributed by atoms with Gasteiger partial charge in [0.15, 0.2) is 0 Å². The molecule has 0 spiro atoms. The van der Waals surface area contributed by atoms with Gasteiger partial charge in [-0.15, -0.1) is 0 Å². The highest BCUT2D eigenvalue weighted by molar-refractivity contribution is 5.89. The van der Waals surface area contributed by atoms with Crippen molar-refractivity contribution >= 4 is 11.8 Å². The number of nitrogens with zero attached hydrogens (tertiary/aromatic N) is 1. The van der Waals surface area contributed by atoms with E-state index in [1.807, 2.05) is 37.3 Å². The Labute approximate surface area is 144 Å². The maximum absolute atomic E-state index is 12.6. The van der Waals surface area contributed by atoms with E-state index in [2.05, 4.69) is 19.2 Å². The second-order valence-electron chi connectivity index (χ2n) is 7.51. The van der Waals surface area contributed by atoms with Crippen molar-refractivity contribution in [3.8, 4) is 0 Å². The van der Waals surface area contributed by atoms with Crippen molar-refractivity contribution in [2.75, 3.05) is 13.1 Å². The Balaban J connectivity index is 1.95. The summed E-state index contributed by atoms with van der Waals surface area (Å²) < 4.78 is 0. The van der Waals surface area contributed by atoms with Gasteiger partial charge >= 0.3 is 0 Å². The highest BCUT2D eigenvalue weighted by atomic mass is 16.2. The SMILES string of the molecule is CC(C)CC(C)(CN)NC(=O)C1CC(=O)N(Cc2ccccc2)C1. The molecule has 1 saturated heterocycles. The zero-order valence-electron chi connectivity index (χ0n) is 14.9. The van der Waals surface area contributed by atoms with E-state index in [0.29, 0.717) is 25.6 Å². The molecule has 0 aliphatic carbocycles. The maximum atomic E-state index is 12.6. The van der Waals surface area contributed by atoms with Crippen LogP contribution in [0.4, 0.5) is 0 Å². The summed E-state index contributed by atoms with van der Waals surface area (Å²) in [4.78, 5) is 26.6. The average Bonchev–Trinajstić information content (AvgIpc) is 2.89. The molecule has 1 aliphatic heterocycles. The van der Waals surface area contributed by atoms with Gasteiger partial charge in [-0.05, 0) is 24.8 Å². The van der Waals surface area contributed by atoms with Crippen LogP contribution in [-0.4, -0.2) is 35.3 Å². The van der Waals surface area contributed by atoms with Gasteiger partial charge in [-0.2, -0.15) is 0 Å². The van der Waals surface area contributed by atoms with E-state index in [4.69, 9.17) is 5.73 Å². The molecule has 1 aliphatic rings. The molecule has 1 fully saturated rings. The van der Waals surface area contributed by atoms with Crippen molar-refractivity contribution in [3.63, 3.8) is 0 Å². The fourth-order valence-electron chi connectivity index (χ4n) is 3.39. The lowest BCUT2D eigenvalue weighted by Gasteiger charge is -2.32. The smallest absolute Gasteiger partial charge is 0.225 e. The summed E-state index contributed by atoms with van der Waals surface area (Å²) in [5.74, 6) is 0.128. The molecule has 1 aromatic rings. The number of nitrogens with two attached hydrogens (primary N) is 1. The molecule has 1 aromatic carbocycles. The number of hydrogen-bond donors (Lipinski definition) is 2. The Bertz CT molecular complexity index is 573. The van der Waals surface area contributed by atoms with Crippen molar-refractivity contribution < 1.29 is 9.59 Å². The molecule has 2 rings (SSSR count). The lowest BCUT2D eigenvalue weighted by Crippen LogP contribution is -2.54. The van der Waals surface area contributed by atoms with Crippen LogP contribution in [0.3, 0.4) is 0 Å². The zero-order chi connectivity index (χ0) is 17.7. The van der Waals surface area contributed by atoms with Crippen molar-refractivity contribution in [2.45, 2.75) is 45.7 Å². The minimum atomic E-state index is -0.416. The van der Waals surface area contributed by atoms with Crippen LogP contribution in [0.5, 0.6) is 0 Å². The summed E-state index contributed by atoms with van der Waals surface area (Å²) in [7, 11) is 0. The van der Waals surface area contributed by atoms with Gasteiger partial charge in [-0.25, -0.2) is 0 Å². The Morgan fingerprint density at radius 2 is 2.04 bits per heavy atom. The van der Waals surface area contributed by atoms with E-state index in [9.17, 15) is 9.59 Å². The molecular weight excluding hydrogens is 302 g/mol. The summed E-state index contributed by atoms with van der Waals surface area (Å²) in [6.07, 6.45) is 1.10. The fraction of sp³-hybridized carbons (Fsp3) is 0.579. The standard InChI is InChI=1S/C19H29N3O2/c1-14(2)10-19(3,13-20)21-18(24)16-9-17(23)22(12-16)11-15-7-5-4-6-8-15/h4-8,14,16H,9-13,20H2,1-3H3,(H,21,24). The number of hydrogen-bond acceptors (Lipinski definition) is 3. The molecule has 2 atom stereocenters. The number of carbonyl (C=O) groups excluding carboxylic acids is 2. The van der Waals surface area contributed by atoms with Crippen LogP contribution < -0.4 is 11.1 Å². The monoisotopic (exact) mass is 331 g/mol. The van der Waals surface area contributed by atoms with E-state index in [1.54, 1.807) is 4.90 Å². The largest absolute Gasteiger partial charge is 0.349 e. The lowest BCUT2D eigenvalue weighted by atomic mass is 9.90. The Hall–Kier alpha value is -1.88. The first-order chi connectivity index (χ1) is 11.3. The quantitative estimate of drug-likeness (QED) is 0.801. The number of rotatable bonds is 7. The summed E-state index contributed by atoms with van der Waals surface area (Å²) in [6.45, 7) is 7.63. The Morgan fingerprint density at radius 1 is 1.38 bits per heavy atom. The van der Waals surface area contributed by atoms with Gasteiger partial charge in [0.1, 0.15) is 0 Å². The summed E-state index contributed by atoms with van der Waals surface area (Å²) in [5, 5.41) is 3.08. The van der Waals surface area contributed by atoms with Crippen LogP contribution in [0.15, 0.2) is 30.3 Å². The van der Waals surface area contributed by atoms with E-state index >= 15 is 0 Å². The number of carbonyl (C=O) groups is 2. The van der Waals surface area contributed by atoms with Crippen molar-refractivity contribution in [1.29, 1.82) is 0 Å². The molecule has 5 nitrogen and oxygen atoms in total. The third-order valence-corrected chi connectivity index (χ3v) is 4.54. The lowest BCUT2D eigenvalue weighted by molar-refractivity contribution is -0.129. The number of likely N-dealkylation sites (tertiary alicyclic amines) is 1. The zero-order valence-corrected chi connectivity index (χ0v) is 14.9. The van der Waals surface area contributed by atoms with E-state index in [0.717, 1.165) is 12.0 Å². The predicted octanol–water partition coefficient (Wildman–Crippen LogP) is 1.91. The number of nitrogens with one attached hydrogen (secondary N) is 1. The maximum Gasteiger partial charge on any atom is 0.225 e. The normalized spacial score (nSPS) is 20.3. The van der Waals surface area contributed by atoms with Gasteiger partial charge in [-0.3, -0.25) is 9.59 Å². The highest BCUT2D eigenvalue weighted by Crippen LogP contribution is 2.22. The summed E-state index contributed by atoms with van der Waals surface area (Å²) in [5.41, 5.74) is 6.53. The van der Waals surface area contributed by atoms with Gasteiger partial charge in [0.05, 0.1) is 5.92 Å². The highest BCUT2D eigenvalue weighted by Gasteiger charge is 2.37. The summed E-state index contributed by atoms with van der Waals surface area (Å²) >= 11 is 0. The first-order valence-electron chi connectivity index (χ1n) is 8.67. The molecule has 1 heterocycles. The second kappa shape index (κ2) is 7.79. The Kier molecular flexibility index (Phi) is 5.99. The molecule has 132 valence electrons. The van der Waals surface area contributed by atoms with E-state index < -0.39 is 5.54 Å². The van der Waals surface area contributed by atoms with Crippen LogP contribution >= 0.6 is 0 Å². The molecule has 5 heteroatoms. The third-order valence-electron chi connectivity index (χ3n) is 4.54. The summed E-state index contributed by atoms with van der Waals surface area (Å²) in [6, 6.07) is 9.86. The minimum Gasteiger partial charge on any atom is -0.349 e. The van der Waals surface area contributed by atoms with Gasteiger partial charge in [0, 0.05) is 31.6 Å². The second-order valence-corrected chi connectivity index (χ2v) is 7.51. The van der Waals surface area contributed by atoms with E-state index in [-0.39, 0.29) is 24.2 Å². The molecule has 0 aromatic heterocycles. The molecule has 0 bridgehead atoms. The minimum absolute atomic E-state index is 0.0392. The molecule has 0 radical (unpaired) electrons. The van der Waals surface area contributed by atoms with Crippen molar-refractivity contribution in [3.05, 3.63) is 35.9 Å². The van der Waals surface area contributed by atoms with E-state index in [1.165, 1.54) is 0 Å². The van der Waals surface area contributed by atoms with Gasteiger partial charge in [-0.1, -0.05) is 44.2 Å². The van der Waals surface area contributed by atoms with Crippen LogP contribution in [0, 0.1) is 11.8 Å². The third kappa shape index (κ3) is 4.81. The van der Waals surface area contributed by atoms with Gasteiger partial charge in [0.25, 0.3) is 0 Å². The van der Waals surface area contributed by atoms with Gasteiger partial charge in [0.2, 0.25) is 11.8 Å². The molecule has 3 N–H and O–H groups in total. The molecule has 0 saturated carbocycles. The first-order valence-corrected chi connectivity index (χ1v) is 8.67.